The van der Waals surface area contributed by atoms with Gasteiger partial charge in [0.05, 0.1) is 42.5 Å². The summed E-state index contributed by atoms with van der Waals surface area (Å²) in [5.41, 5.74) is -0.613. The number of ether oxygens (including phenoxy) is 5. The van der Waals surface area contributed by atoms with Crippen molar-refractivity contribution in [2.45, 2.75) is 12.7 Å². The van der Waals surface area contributed by atoms with Crippen LogP contribution < -0.4 is 18.9 Å². The van der Waals surface area contributed by atoms with Gasteiger partial charge in [-0.2, -0.15) is 0 Å². The molecule has 8 nitrogen and oxygen atoms in total. The number of methoxy groups -OCH3 is 3. The van der Waals surface area contributed by atoms with Crippen molar-refractivity contribution in [2.75, 3.05) is 21.3 Å². The summed E-state index contributed by atoms with van der Waals surface area (Å²) in [7, 11) is 3.30. The predicted octanol–water partition coefficient (Wildman–Crippen LogP) is 5.98. The number of carboxylic acids is 1. The van der Waals surface area contributed by atoms with Crippen molar-refractivity contribution in [3.8, 4) is 23.0 Å². The minimum atomic E-state index is -4.96. The van der Waals surface area contributed by atoms with Crippen LogP contribution in [0.25, 0.3) is 0 Å². The standard InChI is InChI=1S/C10H8ClF3O4.C9H6ClF3O4/c1-16-8-6(11)3-5(9(15)17-2)4-7(8)18-10(12,13)14;1-16-7-5(10)2-4(8(14)15)3-6(7)17-9(11,12)13/h3-4H,1-2H3;2-3H,1H3,(H,14,15). The zero-order valence-electron chi connectivity index (χ0n) is 17.6. The number of hydrogen-bond acceptors (Lipinski definition) is 7. The number of aromatic carboxylic acids is 1. The van der Waals surface area contributed by atoms with Gasteiger partial charge in [0, 0.05) is 0 Å². The third-order valence-electron chi connectivity index (χ3n) is 3.55. The maximum absolute atomic E-state index is 12.2. The molecule has 0 fully saturated rings. The second kappa shape index (κ2) is 11.9. The zero-order chi connectivity index (χ0) is 27.1. The molecule has 0 bridgehead atoms. The van der Waals surface area contributed by atoms with Gasteiger partial charge in [0.15, 0.2) is 23.0 Å². The normalized spacial score (nSPS) is 11.1. The highest BCUT2D eigenvalue weighted by Gasteiger charge is 2.34. The topological polar surface area (TPSA) is 101 Å². The van der Waals surface area contributed by atoms with Crippen molar-refractivity contribution in [3.05, 3.63) is 45.4 Å². The summed E-state index contributed by atoms with van der Waals surface area (Å²) >= 11 is 11.3. The smallest absolute Gasteiger partial charge is 0.491 e. The number of benzene rings is 2. The quantitative estimate of drug-likeness (QED) is 0.344. The third-order valence-corrected chi connectivity index (χ3v) is 4.11. The molecule has 2 aromatic rings. The summed E-state index contributed by atoms with van der Waals surface area (Å²) in [6.45, 7) is 0. The van der Waals surface area contributed by atoms with Gasteiger partial charge in [-0.25, -0.2) is 9.59 Å². The van der Waals surface area contributed by atoms with Crippen molar-refractivity contribution in [2.24, 2.45) is 0 Å². The van der Waals surface area contributed by atoms with Crippen LogP contribution in [0.1, 0.15) is 20.7 Å². The van der Waals surface area contributed by atoms with E-state index in [1.54, 1.807) is 0 Å². The minimum absolute atomic E-state index is 0.178. The maximum atomic E-state index is 12.2. The lowest BCUT2D eigenvalue weighted by Gasteiger charge is -2.14. The van der Waals surface area contributed by atoms with Crippen LogP contribution in [0.15, 0.2) is 24.3 Å². The highest BCUT2D eigenvalue weighted by molar-refractivity contribution is 6.33. The van der Waals surface area contributed by atoms with E-state index >= 15 is 0 Å². The molecule has 0 aliphatic rings. The Kier molecular flexibility index (Phi) is 10.1. The van der Waals surface area contributed by atoms with Gasteiger partial charge < -0.3 is 28.8 Å². The van der Waals surface area contributed by atoms with Gasteiger partial charge in [-0.05, 0) is 24.3 Å². The molecule has 0 heterocycles. The summed E-state index contributed by atoms with van der Waals surface area (Å²) in [6, 6.07) is 3.60. The van der Waals surface area contributed by atoms with E-state index in [2.05, 4.69) is 23.7 Å². The lowest BCUT2D eigenvalue weighted by molar-refractivity contribution is -0.276. The molecule has 0 radical (unpaired) electrons. The Labute approximate surface area is 202 Å². The fraction of sp³-hybridized carbons (Fsp3) is 0.263. The van der Waals surface area contributed by atoms with Crippen molar-refractivity contribution in [3.63, 3.8) is 0 Å². The number of carbonyl (C=O) groups excluding carboxylic acids is 1. The van der Waals surface area contributed by atoms with E-state index in [-0.39, 0.29) is 27.1 Å². The molecule has 0 aliphatic heterocycles. The van der Waals surface area contributed by atoms with Crippen molar-refractivity contribution in [1.29, 1.82) is 0 Å². The highest BCUT2D eigenvalue weighted by atomic mass is 35.5. The number of halogens is 8. The first-order valence-corrected chi connectivity index (χ1v) is 9.36. The van der Waals surface area contributed by atoms with Gasteiger partial charge in [0.1, 0.15) is 0 Å². The molecule has 0 spiro atoms. The Morgan fingerprint density at radius 1 is 0.743 bits per heavy atom. The molecule has 35 heavy (non-hydrogen) atoms. The molecule has 0 unspecified atom stereocenters. The molecule has 0 atom stereocenters. The monoisotopic (exact) mass is 554 g/mol. The molecule has 0 amide bonds. The Bertz CT molecular complexity index is 1070. The second-order valence-electron chi connectivity index (χ2n) is 5.87. The number of alkyl halides is 6. The Morgan fingerprint density at radius 2 is 1.11 bits per heavy atom. The minimum Gasteiger partial charge on any atom is -0.491 e. The molecular formula is C19H14Cl2F6O8. The average Bonchev–Trinajstić information content (AvgIpc) is 2.70. The van der Waals surface area contributed by atoms with Crippen molar-refractivity contribution >= 4 is 35.1 Å². The Morgan fingerprint density at radius 3 is 1.43 bits per heavy atom. The molecular weight excluding hydrogens is 541 g/mol. The van der Waals surface area contributed by atoms with Gasteiger partial charge >= 0.3 is 24.7 Å². The SMILES string of the molecule is COC(=O)c1cc(Cl)c(OC)c(OC(F)(F)F)c1.COc1c(Cl)cc(C(=O)O)cc1OC(F)(F)F. The van der Waals surface area contributed by atoms with Crippen LogP contribution in [0, 0.1) is 0 Å². The zero-order valence-corrected chi connectivity index (χ0v) is 19.1. The van der Waals surface area contributed by atoms with E-state index in [1.807, 2.05) is 0 Å². The first-order valence-electron chi connectivity index (χ1n) is 8.61. The maximum Gasteiger partial charge on any atom is 0.573 e. The summed E-state index contributed by atoms with van der Waals surface area (Å²) in [5.74, 6) is -4.48. The first-order chi connectivity index (χ1) is 16.0. The molecule has 0 saturated heterocycles. The lowest BCUT2D eigenvalue weighted by Crippen LogP contribution is -2.18. The molecule has 0 aromatic heterocycles. The molecule has 2 rings (SSSR count). The molecule has 194 valence electrons. The molecule has 16 heteroatoms. The van der Waals surface area contributed by atoms with Gasteiger partial charge in [-0.15, -0.1) is 26.3 Å². The molecule has 0 aliphatic carbocycles. The van der Waals surface area contributed by atoms with Crippen LogP contribution in [0.5, 0.6) is 23.0 Å². The fourth-order valence-corrected chi connectivity index (χ4v) is 2.87. The average molecular weight is 555 g/mol. The fourth-order valence-electron chi connectivity index (χ4n) is 2.29. The van der Waals surface area contributed by atoms with Crippen LogP contribution in [0.3, 0.4) is 0 Å². The molecule has 2 aromatic carbocycles. The van der Waals surface area contributed by atoms with E-state index in [0.717, 1.165) is 39.5 Å². The van der Waals surface area contributed by atoms with Gasteiger partial charge in [0.25, 0.3) is 0 Å². The number of carboxylic acid groups (broad SMARTS) is 1. The van der Waals surface area contributed by atoms with Gasteiger partial charge in [0.2, 0.25) is 0 Å². The lowest BCUT2D eigenvalue weighted by atomic mass is 10.2. The number of hydrogen-bond donors (Lipinski definition) is 1. The number of esters is 1. The van der Waals surface area contributed by atoms with Crippen LogP contribution >= 0.6 is 23.2 Å². The summed E-state index contributed by atoms with van der Waals surface area (Å²) in [5, 5.41) is 8.18. The third kappa shape index (κ3) is 9.13. The van der Waals surface area contributed by atoms with E-state index < -0.39 is 41.7 Å². The van der Waals surface area contributed by atoms with Crippen LogP contribution in [-0.2, 0) is 4.74 Å². The van der Waals surface area contributed by atoms with Gasteiger partial charge in [-0.3, -0.25) is 0 Å². The van der Waals surface area contributed by atoms with E-state index in [0.29, 0.717) is 6.07 Å². The van der Waals surface area contributed by atoms with Crippen LogP contribution in [0.4, 0.5) is 26.3 Å². The largest absolute Gasteiger partial charge is 0.573 e. The Hall–Kier alpha value is -3.26. The van der Waals surface area contributed by atoms with Crippen LogP contribution in [-0.4, -0.2) is 51.1 Å². The number of rotatable bonds is 6. The van der Waals surface area contributed by atoms with E-state index in [4.69, 9.17) is 28.3 Å². The summed E-state index contributed by atoms with van der Waals surface area (Å²) in [6.07, 6.45) is -9.89. The number of carbonyl (C=O) groups is 2. The summed E-state index contributed by atoms with van der Waals surface area (Å²) < 4.78 is 93.7. The first kappa shape index (κ1) is 29.8. The highest BCUT2D eigenvalue weighted by Crippen LogP contribution is 2.40. The van der Waals surface area contributed by atoms with E-state index in [1.165, 1.54) is 0 Å². The molecule has 1 N–H and O–H groups in total. The summed E-state index contributed by atoms with van der Waals surface area (Å²) in [4.78, 5) is 21.9. The Balaban J connectivity index is 0.000000351. The van der Waals surface area contributed by atoms with E-state index in [9.17, 15) is 35.9 Å². The van der Waals surface area contributed by atoms with Gasteiger partial charge in [-0.1, -0.05) is 23.2 Å². The predicted molar refractivity (Wildman–Crippen MR) is 108 cm³/mol. The van der Waals surface area contributed by atoms with Crippen molar-refractivity contribution < 1.29 is 64.7 Å². The van der Waals surface area contributed by atoms with Crippen LogP contribution in [0.2, 0.25) is 10.0 Å². The van der Waals surface area contributed by atoms with Crippen molar-refractivity contribution in [1.82, 2.24) is 0 Å². The molecule has 0 saturated carbocycles. The second-order valence-corrected chi connectivity index (χ2v) is 6.69.